The standard InChI is InChI=1S/C18H24N4O3S/c1-13-17(14(2)21(3)20-13)12-18(23)19-15-6-8-16(9-7-15)26(24,25)22-10-4-5-11-22/h6-9H,4-5,10-12H2,1-3H3,(H,19,23). The maximum atomic E-state index is 12.5. The summed E-state index contributed by atoms with van der Waals surface area (Å²) in [5, 5.41) is 7.13. The van der Waals surface area contributed by atoms with Crippen molar-refractivity contribution in [2.24, 2.45) is 7.05 Å². The van der Waals surface area contributed by atoms with E-state index in [9.17, 15) is 13.2 Å². The molecule has 2 aromatic rings. The lowest BCUT2D eigenvalue weighted by molar-refractivity contribution is -0.115. The number of benzene rings is 1. The number of hydrogen-bond acceptors (Lipinski definition) is 4. The predicted octanol–water partition coefficient (Wildman–Crippen LogP) is 2.00. The first-order valence-corrected chi connectivity index (χ1v) is 10.1. The normalized spacial score (nSPS) is 15.3. The van der Waals surface area contributed by atoms with E-state index in [0.717, 1.165) is 29.8 Å². The van der Waals surface area contributed by atoms with Gasteiger partial charge in [0.2, 0.25) is 15.9 Å². The maximum absolute atomic E-state index is 12.5. The van der Waals surface area contributed by atoms with E-state index in [0.29, 0.717) is 18.8 Å². The summed E-state index contributed by atoms with van der Waals surface area (Å²) in [7, 11) is -1.58. The maximum Gasteiger partial charge on any atom is 0.243 e. The van der Waals surface area contributed by atoms with E-state index in [1.807, 2.05) is 20.9 Å². The number of nitrogens with one attached hydrogen (secondary N) is 1. The SMILES string of the molecule is Cc1nn(C)c(C)c1CC(=O)Nc1ccc(S(=O)(=O)N2CCCC2)cc1. The van der Waals surface area contributed by atoms with Crippen LogP contribution in [0, 0.1) is 13.8 Å². The van der Waals surface area contributed by atoms with Gasteiger partial charge in [-0.3, -0.25) is 9.48 Å². The molecule has 1 aromatic heterocycles. The van der Waals surface area contributed by atoms with Crippen molar-refractivity contribution in [2.75, 3.05) is 18.4 Å². The molecule has 1 aromatic carbocycles. The van der Waals surface area contributed by atoms with Crippen LogP contribution < -0.4 is 5.32 Å². The number of aromatic nitrogens is 2. The third-order valence-electron chi connectivity index (χ3n) is 4.84. The first kappa shape index (κ1) is 18.6. The second-order valence-corrected chi connectivity index (χ2v) is 8.57. The second kappa shape index (κ2) is 7.20. The van der Waals surface area contributed by atoms with Gasteiger partial charge in [0.05, 0.1) is 17.0 Å². The molecule has 0 spiro atoms. The molecule has 1 aliphatic rings. The Morgan fingerprint density at radius 3 is 2.31 bits per heavy atom. The first-order valence-electron chi connectivity index (χ1n) is 8.68. The highest BCUT2D eigenvalue weighted by Gasteiger charge is 2.27. The zero-order chi connectivity index (χ0) is 18.9. The number of amides is 1. The summed E-state index contributed by atoms with van der Waals surface area (Å²) in [6.45, 7) is 4.96. The van der Waals surface area contributed by atoms with Crippen LogP contribution in [0.15, 0.2) is 29.2 Å². The van der Waals surface area contributed by atoms with E-state index < -0.39 is 10.0 Å². The number of hydrogen-bond donors (Lipinski definition) is 1. The summed E-state index contributed by atoms with van der Waals surface area (Å²) >= 11 is 0. The van der Waals surface area contributed by atoms with Crippen molar-refractivity contribution >= 4 is 21.6 Å². The third-order valence-corrected chi connectivity index (χ3v) is 6.75. The fraction of sp³-hybridized carbons (Fsp3) is 0.444. The Hall–Kier alpha value is -2.19. The van der Waals surface area contributed by atoms with Crippen molar-refractivity contribution in [3.63, 3.8) is 0 Å². The van der Waals surface area contributed by atoms with Crippen molar-refractivity contribution in [3.8, 4) is 0 Å². The van der Waals surface area contributed by atoms with Crippen LogP contribution in [0.3, 0.4) is 0 Å². The fourth-order valence-corrected chi connectivity index (χ4v) is 4.74. The smallest absolute Gasteiger partial charge is 0.243 e. The van der Waals surface area contributed by atoms with Gasteiger partial charge in [-0.15, -0.1) is 0 Å². The molecule has 7 nitrogen and oxygen atoms in total. The minimum atomic E-state index is -3.43. The van der Waals surface area contributed by atoms with Crippen molar-refractivity contribution in [2.45, 2.75) is 38.0 Å². The molecule has 3 rings (SSSR count). The van der Waals surface area contributed by atoms with Gasteiger partial charge in [-0.25, -0.2) is 8.42 Å². The average Bonchev–Trinajstić information content (AvgIpc) is 3.21. The third kappa shape index (κ3) is 3.66. The molecular formula is C18H24N4O3S. The molecule has 0 unspecified atom stereocenters. The molecule has 1 aliphatic heterocycles. The van der Waals surface area contributed by atoms with E-state index in [1.165, 1.54) is 4.31 Å². The summed E-state index contributed by atoms with van der Waals surface area (Å²) in [5.74, 6) is -0.153. The molecule has 140 valence electrons. The van der Waals surface area contributed by atoms with Crippen LogP contribution in [0.5, 0.6) is 0 Å². The molecule has 1 amide bonds. The molecule has 0 bridgehead atoms. The Labute approximate surface area is 154 Å². The van der Waals surface area contributed by atoms with Crippen molar-refractivity contribution in [1.82, 2.24) is 14.1 Å². The van der Waals surface area contributed by atoms with Crippen LogP contribution in [0.2, 0.25) is 0 Å². The second-order valence-electron chi connectivity index (χ2n) is 6.63. The Morgan fingerprint density at radius 1 is 1.15 bits per heavy atom. The number of aryl methyl sites for hydroxylation is 2. The molecule has 0 radical (unpaired) electrons. The zero-order valence-corrected chi connectivity index (χ0v) is 16.1. The first-order chi connectivity index (χ1) is 12.3. The largest absolute Gasteiger partial charge is 0.326 e. The molecular weight excluding hydrogens is 352 g/mol. The van der Waals surface area contributed by atoms with E-state index in [-0.39, 0.29) is 17.2 Å². The number of carbonyl (C=O) groups is 1. The summed E-state index contributed by atoms with van der Waals surface area (Å²) in [4.78, 5) is 12.6. The summed E-state index contributed by atoms with van der Waals surface area (Å²) in [6.07, 6.45) is 2.04. The lowest BCUT2D eigenvalue weighted by atomic mass is 10.1. The number of nitrogens with zero attached hydrogens (tertiary/aromatic N) is 3. The Morgan fingerprint density at radius 2 is 1.77 bits per heavy atom. The van der Waals surface area contributed by atoms with Crippen LogP contribution >= 0.6 is 0 Å². The molecule has 1 N–H and O–H groups in total. The summed E-state index contributed by atoms with van der Waals surface area (Å²) < 4.78 is 28.3. The molecule has 0 saturated carbocycles. The molecule has 0 atom stereocenters. The number of anilines is 1. The minimum Gasteiger partial charge on any atom is -0.326 e. The van der Waals surface area contributed by atoms with Crippen LogP contribution in [-0.4, -0.2) is 41.5 Å². The molecule has 26 heavy (non-hydrogen) atoms. The highest BCUT2D eigenvalue weighted by molar-refractivity contribution is 7.89. The van der Waals surface area contributed by atoms with E-state index in [2.05, 4.69) is 10.4 Å². The van der Waals surface area contributed by atoms with Crippen LogP contribution in [0.1, 0.15) is 29.8 Å². The van der Waals surface area contributed by atoms with Crippen molar-refractivity contribution in [3.05, 3.63) is 41.2 Å². The van der Waals surface area contributed by atoms with Crippen LogP contribution in [0.25, 0.3) is 0 Å². The summed E-state index contributed by atoms with van der Waals surface area (Å²) in [6, 6.07) is 6.35. The average molecular weight is 376 g/mol. The van der Waals surface area contributed by atoms with Crippen molar-refractivity contribution < 1.29 is 13.2 Å². The van der Waals surface area contributed by atoms with Gasteiger partial charge in [0, 0.05) is 37.1 Å². The van der Waals surface area contributed by atoms with Gasteiger partial charge in [-0.1, -0.05) is 0 Å². The topological polar surface area (TPSA) is 84.3 Å². The lowest BCUT2D eigenvalue weighted by Gasteiger charge is -2.15. The Balaban J connectivity index is 1.68. The van der Waals surface area contributed by atoms with Gasteiger partial charge >= 0.3 is 0 Å². The monoisotopic (exact) mass is 376 g/mol. The predicted molar refractivity (Wildman–Crippen MR) is 99.5 cm³/mol. The zero-order valence-electron chi connectivity index (χ0n) is 15.3. The van der Waals surface area contributed by atoms with E-state index >= 15 is 0 Å². The number of rotatable bonds is 5. The van der Waals surface area contributed by atoms with Gasteiger partial charge in [0.1, 0.15) is 0 Å². The fourth-order valence-electron chi connectivity index (χ4n) is 3.23. The molecule has 2 heterocycles. The molecule has 8 heteroatoms. The van der Waals surface area contributed by atoms with Gasteiger partial charge in [-0.2, -0.15) is 9.40 Å². The molecule has 1 fully saturated rings. The molecule has 0 aliphatic carbocycles. The highest BCUT2D eigenvalue weighted by atomic mass is 32.2. The molecule has 1 saturated heterocycles. The van der Waals surface area contributed by atoms with Crippen LogP contribution in [-0.2, 0) is 28.3 Å². The Bertz CT molecular complexity index is 911. The highest BCUT2D eigenvalue weighted by Crippen LogP contribution is 2.22. The number of sulfonamides is 1. The van der Waals surface area contributed by atoms with Gasteiger partial charge < -0.3 is 5.32 Å². The Kier molecular flexibility index (Phi) is 5.15. The summed E-state index contributed by atoms with van der Waals surface area (Å²) in [5.41, 5.74) is 3.30. The van der Waals surface area contributed by atoms with E-state index in [4.69, 9.17) is 0 Å². The van der Waals surface area contributed by atoms with Gasteiger partial charge in [-0.05, 0) is 51.0 Å². The van der Waals surface area contributed by atoms with E-state index in [1.54, 1.807) is 28.9 Å². The van der Waals surface area contributed by atoms with Crippen LogP contribution in [0.4, 0.5) is 5.69 Å². The van der Waals surface area contributed by atoms with Gasteiger partial charge in [0.15, 0.2) is 0 Å². The van der Waals surface area contributed by atoms with Crippen molar-refractivity contribution in [1.29, 1.82) is 0 Å². The minimum absolute atomic E-state index is 0.153. The quantitative estimate of drug-likeness (QED) is 0.865. The number of carbonyl (C=O) groups excluding carboxylic acids is 1. The lowest BCUT2D eigenvalue weighted by Crippen LogP contribution is -2.27. The van der Waals surface area contributed by atoms with Gasteiger partial charge in [0.25, 0.3) is 0 Å².